The second-order valence-electron chi connectivity index (χ2n) is 3.79. The molecule has 2 aromatic rings. The molecular formula is C12H12BrClN2S. The number of hydrogen-bond acceptors (Lipinski definition) is 3. The Bertz CT molecular complexity index is 539. The van der Waals surface area contributed by atoms with Gasteiger partial charge in [0, 0.05) is 14.9 Å². The number of rotatable bonds is 3. The number of halogens is 2. The van der Waals surface area contributed by atoms with Gasteiger partial charge in [-0.15, -0.1) is 11.3 Å². The summed E-state index contributed by atoms with van der Waals surface area (Å²) >= 11 is 11.3. The van der Waals surface area contributed by atoms with Gasteiger partial charge in [-0.3, -0.25) is 0 Å². The molecule has 1 N–H and O–H groups in total. The van der Waals surface area contributed by atoms with Crippen molar-refractivity contribution < 1.29 is 0 Å². The number of benzene rings is 1. The first-order chi connectivity index (χ1) is 8.06. The van der Waals surface area contributed by atoms with E-state index in [2.05, 4.69) is 31.6 Å². The number of anilines is 1. The van der Waals surface area contributed by atoms with Gasteiger partial charge in [0.15, 0.2) is 0 Å². The zero-order valence-electron chi connectivity index (χ0n) is 9.55. The van der Waals surface area contributed by atoms with Crippen molar-refractivity contribution in [2.75, 3.05) is 5.32 Å². The van der Waals surface area contributed by atoms with Crippen LogP contribution in [-0.2, 0) is 6.54 Å². The molecule has 0 unspecified atom stereocenters. The molecule has 5 heteroatoms. The lowest BCUT2D eigenvalue weighted by atomic mass is 10.2. The first-order valence-corrected chi connectivity index (χ1v) is 7.22. The van der Waals surface area contributed by atoms with Gasteiger partial charge < -0.3 is 5.32 Å². The van der Waals surface area contributed by atoms with E-state index in [-0.39, 0.29) is 0 Å². The SMILES string of the molecule is Cc1nc(CNc2cc(Cl)c(C)cc2Br)cs1. The number of nitrogens with one attached hydrogen (secondary N) is 1. The summed E-state index contributed by atoms with van der Waals surface area (Å²) in [6.07, 6.45) is 0. The Hall–Kier alpha value is -0.580. The molecular weight excluding hydrogens is 320 g/mol. The summed E-state index contributed by atoms with van der Waals surface area (Å²) in [6.45, 7) is 4.70. The molecule has 1 heterocycles. The second kappa shape index (κ2) is 5.38. The largest absolute Gasteiger partial charge is 0.378 e. The molecule has 0 radical (unpaired) electrons. The summed E-state index contributed by atoms with van der Waals surface area (Å²) < 4.78 is 1.02. The highest BCUT2D eigenvalue weighted by molar-refractivity contribution is 9.10. The van der Waals surface area contributed by atoms with E-state index in [9.17, 15) is 0 Å². The van der Waals surface area contributed by atoms with Crippen LogP contribution in [-0.4, -0.2) is 4.98 Å². The van der Waals surface area contributed by atoms with E-state index in [0.29, 0.717) is 6.54 Å². The first-order valence-electron chi connectivity index (χ1n) is 5.17. The van der Waals surface area contributed by atoms with Gasteiger partial charge in [-0.1, -0.05) is 11.6 Å². The molecule has 0 atom stereocenters. The summed E-state index contributed by atoms with van der Waals surface area (Å²) in [6, 6.07) is 3.94. The third kappa shape index (κ3) is 3.21. The Labute approximate surface area is 118 Å². The van der Waals surface area contributed by atoms with Gasteiger partial charge in [0.05, 0.1) is 22.9 Å². The van der Waals surface area contributed by atoms with Crippen molar-refractivity contribution in [1.82, 2.24) is 4.98 Å². The molecule has 0 aliphatic carbocycles. The Kier molecular flexibility index (Phi) is 4.07. The maximum absolute atomic E-state index is 6.10. The molecule has 0 bridgehead atoms. The van der Waals surface area contributed by atoms with Crippen LogP contribution in [0.2, 0.25) is 5.02 Å². The van der Waals surface area contributed by atoms with Crippen molar-refractivity contribution >= 4 is 44.6 Å². The molecule has 0 saturated carbocycles. The van der Waals surface area contributed by atoms with Gasteiger partial charge in [-0.25, -0.2) is 4.98 Å². The van der Waals surface area contributed by atoms with Crippen molar-refractivity contribution in [3.8, 4) is 0 Å². The molecule has 2 rings (SSSR count). The molecule has 2 nitrogen and oxygen atoms in total. The summed E-state index contributed by atoms with van der Waals surface area (Å²) in [5.41, 5.74) is 3.11. The van der Waals surface area contributed by atoms with E-state index in [1.807, 2.05) is 26.0 Å². The van der Waals surface area contributed by atoms with Crippen LogP contribution in [0.25, 0.3) is 0 Å². The minimum absolute atomic E-state index is 0.711. The molecule has 0 fully saturated rings. The fourth-order valence-corrected chi connectivity index (χ4v) is 2.83. The first kappa shape index (κ1) is 12.9. The normalized spacial score (nSPS) is 10.6. The highest BCUT2D eigenvalue weighted by Gasteiger charge is 2.05. The fourth-order valence-electron chi connectivity index (χ4n) is 1.46. The maximum atomic E-state index is 6.10. The molecule has 1 aromatic heterocycles. The van der Waals surface area contributed by atoms with Crippen LogP contribution in [0.15, 0.2) is 22.0 Å². The number of thiazole rings is 1. The number of aromatic nitrogens is 1. The Morgan fingerprint density at radius 2 is 2.18 bits per heavy atom. The standard InChI is InChI=1S/C12H12BrClN2S/c1-7-3-10(13)12(4-11(7)14)15-5-9-6-17-8(2)16-9/h3-4,6,15H,5H2,1-2H3. The number of hydrogen-bond donors (Lipinski definition) is 1. The Morgan fingerprint density at radius 3 is 2.82 bits per heavy atom. The predicted octanol–water partition coefficient (Wildman–Crippen LogP) is 4.79. The van der Waals surface area contributed by atoms with Crippen LogP contribution in [0, 0.1) is 13.8 Å². The van der Waals surface area contributed by atoms with E-state index >= 15 is 0 Å². The van der Waals surface area contributed by atoms with Crippen molar-refractivity contribution in [2.24, 2.45) is 0 Å². The third-order valence-electron chi connectivity index (χ3n) is 2.37. The molecule has 0 aliphatic rings. The van der Waals surface area contributed by atoms with Gasteiger partial charge >= 0.3 is 0 Å². The van der Waals surface area contributed by atoms with Crippen LogP contribution in [0.1, 0.15) is 16.3 Å². The minimum Gasteiger partial charge on any atom is -0.378 e. The van der Waals surface area contributed by atoms with Crippen molar-refractivity contribution in [3.63, 3.8) is 0 Å². The van der Waals surface area contributed by atoms with Crippen LogP contribution in [0.4, 0.5) is 5.69 Å². The third-order valence-corrected chi connectivity index (χ3v) is 4.26. The topological polar surface area (TPSA) is 24.9 Å². The minimum atomic E-state index is 0.711. The Morgan fingerprint density at radius 1 is 1.41 bits per heavy atom. The highest BCUT2D eigenvalue weighted by atomic mass is 79.9. The molecule has 0 spiro atoms. The number of nitrogens with zero attached hydrogens (tertiary/aromatic N) is 1. The van der Waals surface area contributed by atoms with E-state index in [4.69, 9.17) is 11.6 Å². The quantitative estimate of drug-likeness (QED) is 0.875. The van der Waals surface area contributed by atoms with E-state index in [1.165, 1.54) is 0 Å². The molecule has 0 amide bonds. The van der Waals surface area contributed by atoms with Crippen LogP contribution >= 0.6 is 38.9 Å². The maximum Gasteiger partial charge on any atom is 0.0898 e. The van der Waals surface area contributed by atoms with Crippen LogP contribution in [0.5, 0.6) is 0 Å². The van der Waals surface area contributed by atoms with Crippen LogP contribution in [0.3, 0.4) is 0 Å². The Balaban J connectivity index is 2.11. The summed E-state index contributed by atoms with van der Waals surface area (Å²) in [7, 11) is 0. The molecule has 0 aliphatic heterocycles. The van der Waals surface area contributed by atoms with Gasteiger partial charge in [-0.2, -0.15) is 0 Å². The lowest BCUT2D eigenvalue weighted by molar-refractivity contribution is 1.05. The average Bonchev–Trinajstić information content (AvgIpc) is 2.68. The van der Waals surface area contributed by atoms with Gasteiger partial charge in [0.25, 0.3) is 0 Å². The van der Waals surface area contributed by atoms with Gasteiger partial charge in [0.2, 0.25) is 0 Å². The van der Waals surface area contributed by atoms with Crippen molar-refractivity contribution in [3.05, 3.63) is 43.3 Å². The lowest BCUT2D eigenvalue weighted by Gasteiger charge is -2.09. The summed E-state index contributed by atoms with van der Waals surface area (Å²) in [5.74, 6) is 0. The predicted molar refractivity (Wildman–Crippen MR) is 78.1 cm³/mol. The summed E-state index contributed by atoms with van der Waals surface area (Å²) in [4.78, 5) is 4.40. The van der Waals surface area contributed by atoms with Gasteiger partial charge in [-0.05, 0) is 47.5 Å². The molecule has 1 aromatic carbocycles. The van der Waals surface area contributed by atoms with Gasteiger partial charge in [0.1, 0.15) is 0 Å². The highest BCUT2D eigenvalue weighted by Crippen LogP contribution is 2.29. The van der Waals surface area contributed by atoms with Crippen LogP contribution < -0.4 is 5.32 Å². The number of aryl methyl sites for hydroxylation is 2. The average molecular weight is 332 g/mol. The zero-order chi connectivity index (χ0) is 12.4. The second-order valence-corrected chi connectivity index (χ2v) is 6.12. The summed E-state index contributed by atoms with van der Waals surface area (Å²) in [5, 5.41) is 7.24. The lowest BCUT2D eigenvalue weighted by Crippen LogP contribution is -2.00. The molecule has 17 heavy (non-hydrogen) atoms. The van der Waals surface area contributed by atoms with E-state index < -0.39 is 0 Å². The van der Waals surface area contributed by atoms with Crippen molar-refractivity contribution in [1.29, 1.82) is 0 Å². The van der Waals surface area contributed by atoms with Crippen molar-refractivity contribution in [2.45, 2.75) is 20.4 Å². The zero-order valence-corrected chi connectivity index (χ0v) is 12.7. The molecule has 0 saturated heterocycles. The fraction of sp³-hybridized carbons (Fsp3) is 0.250. The smallest absolute Gasteiger partial charge is 0.0898 e. The molecule has 90 valence electrons. The van der Waals surface area contributed by atoms with E-state index in [0.717, 1.165) is 31.4 Å². The van der Waals surface area contributed by atoms with E-state index in [1.54, 1.807) is 11.3 Å². The monoisotopic (exact) mass is 330 g/mol.